The summed E-state index contributed by atoms with van der Waals surface area (Å²) in [5, 5.41) is 3.34. The van der Waals surface area contributed by atoms with Crippen LogP contribution in [0.1, 0.15) is 25.8 Å². The van der Waals surface area contributed by atoms with E-state index in [4.69, 9.17) is 9.47 Å². The van der Waals surface area contributed by atoms with Crippen molar-refractivity contribution in [2.75, 3.05) is 26.8 Å². The van der Waals surface area contributed by atoms with Crippen molar-refractivity contribution in [2.24, 2.45) is 0 Å². The summed E-state index contributed by atoms with van der Waals surface area (Å²) in [5.74, 6) is 0.495. The third-order valence-electron chi connectivity index (χ3n) is 4.68. The van der Waals surface area contributed by atoms with E-state index in [9.17, 15) is 14.4 Å². The van der Waals surface area contributed by atoms with Gasteiger partial charge < -0.3 is 14.8 Å². The second-order valence-corrected chi connectivity index (χ2v) is 6.94. The molecule has 2 N–H and O–H groups in total. The minimum absolute atomic E-state index is 0.0222. The van der Waals surface area contributed by atoms with Gasteiger partial charge in [-0.3, -0.25) is 19.9 Å². The zero-order valence-corrected chi connectivity index (χ0v) is 15.7. The quantitative estimate of drug-likeness (QED) is 0.707. The van der Waals surface area contributed by atoms with Gasteiger partial charge in [-0.1, -0.05) is 13.0 Å². The van der Waals surface area contributed by atoms with Gasteiger partial charge in [0.25, 0.3) is 11.8 Å². The Hall–Kier alpha value is -2.81. The number of nitrogens with one attached hydrogen (secondary N) is 2. The molecule has 0 aromatic heterocycles. The molecule has 2 aliphatic rings. The number of carbonyl (C=O) groups excluding carboxylic acids is 3. The first-order chi connectivity index (χ1) is 12.8. The number of hydrogen-bond donors (Lipinski definition) is 2. The van der Waals surface area contributed by atoms with Gasteiger partial charge in [-0.15, -0.1) is 0 Å². The Kier molecular flexibility index (Phi) is 5.22. The smallest absolute Gasteiger partial charge is 0.344 e. The fourth-order valence-electron chi connectivity index (χ4n) is 2.98. The number of urea groups is 1. The van der Waals surface area contributed by atoms with Gasteiger partial charge in [0, 0.05) is 6.54 Å². The van der Waals surface area contributed by atoms with Crippen LogP contribution in [0.15, 0.2) is 18.2 Å². The molecule has 0 aliphatic carbocycles. The molecule has 1 aromatic rings. The molecular weight excluding hydrogens is 352 g/mol. The predicted molar refractivity (Wildman–Crippen MR) is 96.0 cm³/mol. The third-order valence-corrected chi connectivity index (χ3v) is 4.68. The fraction of sp³-hybridized carbons (Fsp3) is 0.500. The number of benzene rings is 1. The second-order valence-electron chi connectivity index (χ2n) is 6.94. The predicted octanol–water partition coefficient (Wildman–Crippen LogP) is 0.641. The zero-order valence-electron chi connectivity index (χ0n) is 15.7. The van der Waals surface area contributed by atoms with Crippen molar-refractivity contribution >= 4 is 17.8 Å². The molecule has 0 spiro atoms. The number of nitrogens with zero attached hydrogens (tertiary/aromatic N) is 2. The first-order valence-corrected chi connectivity index (χ1v) is 8.85. The molecule has 9 heteroatoms. The van der Waals surface area contributed by atoms with Crippen molar-refractivity contribution in [3.8, 4) is 11.5 Å². The minimum atomic E-state index is -0.985. The lowest BCUT2D eigenvalue weighted by molar-refractivity contribution is -0.139. The molecular formula is C18H24N4O5. The summed E-state index contributed by atoms with van der Waals surface area (Å²) in [6, 6.07) is 5.02. The Morgan fingerprint density at radius 1 is 1.30 bits per heavy atom. The highest BCUT2D eigenvalue weighted by Gasteiger charge is 2.47. The van der Waals surface area contributed by atoms with Crippen LogP contribution in [0.25, 0.3) is 0 Å². The van der Waals surface area contributed by atoms with E-state index in [0.29, 0.717) is 37.7 Å². The van der Waals surface area contributed by atoms with Gasteiger partial charge in [0.1, 0.15) is 18.8 Å². The number of fused-ring (bicyclic) bond motifs is 1. The lowest BCUT2D eigenvalue weighted by Gasteiger charge is -2.22. The van der Waals surface area contributed by atoms with Crippen LogP contribution in [0.2, 0.25) is 0 Å². The van der Waals surface area contributed by atoms with E-state index in [0.717, 1.165) is 10.6 Å². The standard InChI is InChI=1S/C18H24N4O5/c1-4-18(2)16(24)22(17(25)19-18)20-15(23)11-21(3)10-12-5-6-13-14(9-12)27-8-7-26-13/h5-6,9H,4,7-8,10-11H2,1-3H3,(H,19,25)(H,20,23)/t18-/m0/s1. The molecule has 0 unspecified atom stereocenters. The van der Waals surface area contributed by atoms with Crippen LogP contribution < -0.4 is 20.2 Å². The summed E-state index contributed by atoms with van der Waals surface area (Å²) in [6.45, 7) is 4.99. The Labute approximate surface area is 157 Å². The van der Waals surface area contributed by atoms with Crippen molar-refractivity contribution in [3.05, 3.63) is 23.8 Å². The third kappa shape index (κ3) is 3.97. The lowest BCUT2D eigenvalue weighted by Crippen LogP contribution is -2.50. The summed E-state index contributed by atoms with van der Waals surface area (Å²) in [5.41, 5.74) is 2.36. The first-order valence-electron chi connectivity index (χ1n) is 8.85. The second kappa shape index (κ2) is 7.43. The molecule has 3 rings (SSSR count). The SMILES string of the molecule is CC[C@]1(C)NC(=O)N(NC(=O)CN(C)Cc2ccc3c(c2)OCCO3)C1=O. The van der Waals surface area contributed by atoms with E-state index in [1.54, 1.807) is 25.8 Å². The first kappa shape index (κ1) is 19.0. The molecule has 2 aliphatic heterocycles. The number of amides is 4. The van der Waals surface area contributed by atoms with Crippen LogP contribution in [0.4, 0.5) is 4.79 Å². The van der Waals surface area contributed by atoms with Gasteiger partial charge in [0.15, 0.2) is 11.5 Å². The van der Waals surface area contributed by atoms with Crippen molar-refractivity contribution in [1.29, 1.82) is 0 Å². The number of hydrazine groups is 1. The average Bonchev–Trinajstić information content (AvgIpc) is 2.85. The normalized spacial score (nSPS) is 21.4. The number of likely N-dealkylation sites (N-methyl/N-ethyl adjacent to an activating group) is 1. The van der Waals surface area contributed by atoms with Gasteiger partial charge in [-0.05, 0) is 38.1 Å². The molecule has 1 saturated heterocycles. The number of rotatable bonds is 6. The van der Waals surface area contributed by atoms with Crippen molar-refractivity contribution in [3.63, 3.8) is 0 Å². The number of hydrogen-bond acceptors (Lipinski definition) is 6. The zero-order chi connectivity index (χ0) is 19.6. The van der Waals surface area contributed by atoms with E-state index in [2.05, 4.69) is 10.7 Å². The van der Waals surface area contributed by atoms with Gasteiger partial charge in [0.2, 0.25) is 0 Å². The van der Waals surface area contributed by atoms with E-state index in [1.807, 2.05) is 18.2 Å². The Morgan fingerprint density at radius 2 is 2.00 bits per heavy atom. The van der Waals surface area contributed by atoms with Crippen molar-refractivity contribution in [1.82, 2.24) is 20.7 Å². The molecule has 4 amide bonds. The molecule has 9 nitrogen and oxygen atoms in total. The van der Waals surface area contributed by atoms with Gasteiger partial charge in [0.05, 0.1) is 6.54 Å². The Bertz CT molecular complexity index is 768. The van der Waals surface area contributed by atoms with E-state index in [-0.39, 0.29) is 6.54 Å². The highest BCUT2D eigenvalue weighted by Crippen LogP contribution is 2.31. The molecule has 146 valence electrons. The van der Waals surface area contributed by atoms with Gasteiger partial charge in [-0.2, -0.15) is 5.01 Å². The summed E-state index contributed by atoms with van der Waals surface area (Å²) >= 11 is 0. The summed E-state index contributed by atoms with van der Waals surface area (Å²) in [4.78, 5) is 38.3. The molecule has 0 radical (unpaired) electrons. The van der Waals surface area contributed by atoms with Gasteiger partial charge in [-0.25, -0.2) is 4.79 Å². The van der Waals surface area contributed by atoms with E-state index < -0.39 is 23.4 Å². The monoisotopic (exact) mass is 376 g/mol. The maximum Gasteiger partial charge on any atom is 0.344 e. The number of ether oxygens (including phenoxy) is 2. The summed E-state index contributed by atoms with van der Waals surface area (Å²) in [6.07, 6.45) is 0.438. The molecule has 1 fully saturated rings. The fourth-order valence-corrected chi connectivity index (χ4v) is 2.98. The average molecular weight is 376 g/mol. The van der Waals surface area contributed by atoms with Crippen LogP contribution in [0, 0.1) is 0 Å². The van der Waals surface area contributed by atoms with Crippen molar-refractivity contribution in [2.45, 2.75) is 32.4 Å². The molecule has 2 heterocycles. The van der Waals surface area contributed by atoms with Crippen LogP contribution in [-0.4, -0.2) is 60.1 Å². The highest BCUT2D eigenvalue weighted by atomic mass is 16.6. The highest BCUT2D eigenvalue weighted by molar-refractivity contribution is 6.07. The largest absolute Gasteiger partial charge is 0.486 e. The molecule has 0 saturated carbocycles. The molecule has 1 atom stereocenters. The van der Waals surface area contributed by atoms with E-state index in [1.165, 1.54) is 0 Å². The van der Waals surface area contributed by atoms with Crippen molar-refractivity contribution < 1.29 is 23.9 Å². The molecule has 1 aromatic carbocycles. The Balaban J connectivity index is 1.55. The molecule has 0 bridgehead atoms. The van der Waals surface area contributed by atoms with E-state index >= 15 is 0 Å². The van der Waals surface area contributed by atoms with Crippen LogP contribution in [0.3, 0.4) is 0 Å². The topological polar surface area (TPSA) is 100 Å². The number of carbonyl (C=O) groups is 3. The summed E-state index contributed by atoms with van der Waals surface area (Å²) < 4.78 is 11.0. The van der Waals surface area contributed by atoms with Crippen LogP contribution >= 0.6 is 0 Å². The summed E-state index contributed by atoms with van der Waals surface area (Å²) in [7, 11) is 1.78. The number of imide groups is 1. The minimum Gasteiger partial charge on any atom is -0.486 e. The maximum atomic E-state index is 12.3. The van der Waals surface area contributed by atoms with Crippen LogP contribution in [0.5, 0.6) is 11.5 Å². The Morgan fingerprint density at radius 3 is 2.67 bits per heavy atom. The lowest BCUT2D eigenvalue weighted by atomic mass is 10.00. The van der Waals surface area contributed by atoms with Gasteiger partial charge >= 0.3 is 6.03 Å². The maximum absolute atomic E-state index is 12.3. The molecule has 27 heavy (non-hydrogen) atoms. The van der Waals surface area contributed by atoms with Crippen LogP contribution in [-0.2, 0) is 16.1 Å².